The smallest absolute Gasteiger partial charge is 0.291 e. The topological polar surface area (TPSA) is 105 Å². The maximum Gasteiger partial charge on any atom is 0.291 e. The molecule has 0 spiro atoms. The lowest BCUT2D eigenvalue weighted by Crippen LogP contribution is -2.51. The Morgan fingerprint density at radius 3 is 2.52 bits per heavy atom. The van der Waals surface area contributed by atoms with Crippen molar-refractivity contribution in [1.29, 1.82) is 0 Å². The van der Waals surface area contributed by atoms with Gasteiger partial charge in [-0.1, -0.05) is 5.16 Å². The third-order valence-electron chi connectivity index (χ3n) is 3.92. The Morgan fingerprint density at radius 1 is 1.48 bits per heavy atom. The van der Waals surface area contributed by atoms with E-state index in [0.717, 1.165) is 0 Å². The number of aromatic nitrogens is 1. The van der Waals surface area contributed by atoms with Crippen LogP contribution in [-0.2, 0) is 0 Å². The highest BCUT2D eigenvalue weighted by atomic mass is 32.2. The van der Waals surface area contributed by atoms with Crippen LogP contribution >= 0.6 is 11.8 Å². The number of nitrogens with zero attached hydrogens (tertiary/aromatic N) is 3. The highest BCUT2D eigenvalue weighted by Gasteiger charge is 2.40. The predicted octanol–water partition coefficient (Wildman–Crippen LogP) is 1.38. The van der Waals surface area contributed by atoms with Gasteiger partial charge >= 0.3 is 0 Å². The first-order valence-corrected chi connectivity index (χ1v) is 7.92. The normalized spacial score (nSPS) is 18.8. The van der Waals surface area contributed by atoms with Crippen molar-refractivity contribution in [2.24, 2.45) is 10.9 Å². The first-order chi connectivity index (χ1) is 9.93. The van der Waals surface area contributed by atoms with Gasteiger partial charge in [0.15, 0.2) is 11.7 Å². The molecule has 8 heteroatoms. The average molecular weight is 312 g/mol. The molecule has 1 amide bonds. The monoisotopic (exact) mass is 312 g/mol. The Morgan fingerprint density at radius 2 is 2.10 bits per heavy atom. The van der Waals surface area contributed by atoms with Crippen molar-refractivity contribution in [3.05, 3.63) is 17.3 Å². The molecule has 0 aromatic carbocycles. The molecule has 0 atom stereocenters. The van der Waals surface area contributed by atoms with Gasteiger partial charge in [0.05, 0.1) is 10.4 Å². The lowest BCUT2D eigenvalue weighted by atomic mass is 9.94. The highest BCUT2D eigenvalue weighted by molar-refractivity contribution is 8.00. The Balaban J connectivity index is 2.10. The van der Waals surface area contributed by atoms with Crippen LogP contribution in [0, 0.1) is 13.8 Å². The number of rotatable bonds is 3. The molecule has 1 saturated heterocycles. The van der Waals surface area contributed by atoms with E-state index in [9.17, 15) is 4.79 Å². The molecule has 0 saturated carbocycles. The molecule has 0 radical (unpaired) electrons. The van der Waals surface area contributed by atoms with Gasteiger partial charge in [-0.25, -0.2) is 4.98 Å². The molecule has 1 fully saturated rings. The number of amidine groups is 1. The van der Waals surface area contributed by atoms with Gasteiger partial charge in [-0.15, -0.1) is 0 Å². The van der Waals surface area contributed by atoms with Crippen LogP contribution < -0.4 is 5.73 Å². The van der Waals surface area contributed by atoms with Crippen LogP contribution in [0.4, 0.5) is 0 Å². The average Bonchev–Trinajstić information content (AvgIpc) is 2.84. The fraction of sp³-hybridized carbons (Fsp3) is 0.615. The number of piperidine rings is 1. The first-order valence-electron chi connectivity index (χ1n) is 6.70. The fourth-order valence-electron chi connectivity index (χ4n) is 2.60. The van der Waals surface area contributed by atoms with Crippen molar-refractivity contribution in [3.63, 3.8) is 0 Å². The number of amides is 1. The Kier molecular flexibility index (Phi) is 4.46. The SMILES string of the molecule is CSC1(C(N)=NO)CCN(C(=O)c2oc(C)nc2C)CC1. The molecular weight excluding hydrogens is 292 g/mol. The summed E-state index contributed by atoms with van der Waals surface area (Å²) in [5, 5.41) is 12.1. The minimum absolute atomic E-state index is 0.151. The van der Waals surface area contributed by atoms with Crippen LogP contribution in [0.25, 0.3) is 0 Å². The van der Waals surface area contributed by atoms with Gasteiger partial charge in [-0.05, 0) is 26.0 Å². The number of nitrogens with two attached hydrogens (primary N) is 1. The summed E-state index contributed by atoms with van der Waals surface area (Å²) in [4.78, 5) is 18.3. The number of carbonyl (C=O) groups is 1. The Labute approximate surface area is 127 Å². The van der Waals surface area contributed by atoms with E-state index < -0.39 is 4.75 Å². The van der Waals surface area contributed by atoms with E-state index in [1.54, 1.807) is 30.5 Å². The van der Waals surface area contributed by atoms with Gasteiger partial charge in [-0.3, -0.25) is 4.79 Å². The van der Waals surface area contributed by atoms with Crippen LogP contribution in [0.2, 0.25) is 0 Å². The zero-order valence-electron chi connectivity index (χ0n) is 12.4. The summed E-state index contributed by atoms with van der Waals surface area (Å²) in [5.74, 6) is 0.854. The summed E-state index contributed by atoms with van der Waals surface area (Å²) in [6, 6.07) is 0. The molecule has 0 unspecified atom stereocenters. The van der Waals surface area contributed by atoms with Crippen molar-refractivity contribution in [3.8, 4) is 0 Å². The minimum Gasteiger partial charge on any atom is -0.436 e. The Hall–Kier alpha value is -1.70. The second-order valence-electron chi connectivity index (χ2n) is 5.12. The van der Waals surface area contributed by atoms with Gasteiger partial charge in [-0.2, -0.15) is 11.8 Å². The van der Waals surface area contributed by atoms with Crippen molar-refractivity contribution < 1.29 is 14.4 Å². The van der Waals surface area contributed by atoms with Gasteiger partial charge in [0.2, 0.25) is 5.76 Å². The molecule has 116 valence electrons. The largest absolute Gasteiger partial charge is 0.436 e. The van der Waals surface area contributed by atoms with E-state index in [2.05, 4.69) is 10.1 Å². The molecule has 2 rings (SSSR count). The molecule has 1 aromatic heterocycles. The second kappa shape index (κ2) is 5.97. The molecule has 1 aromatic rings. The molecule has 1 aliphatic rings. The van der Waals surface area contributed by atoms with E-state index in [1.807, 2.05) is 6.26 Å². The molecule has 7 nitrogen and oxygen atoms in total. The maximum absolute atomic E-state index is 12.4. The van der Waals surface area contributed by atoms with Gasteiger partial charge in [0.1, 0.15) is 0 Å². The number of thioether (sulfide) groups is 1. The highest BCUT2D eigenvalue weighted by Crippen LogP contribution is 2.35. The van der Waals surface area contributed by atoms with Crippen LogP contribution in [0.1, 0.15) is 35.0 Å². The predicted molar refractivity (Wildman–Crippen MR) is 80.8 cm³/mol. The summed E-state index contributed by atoms with van der Waals surface area (Å²) < 4.78 is 4.98. The molecule has 1 aliphatic heterocycles. The Bertz CT molecular complexity index is 562. The second-order valence-corrected chi connectivity index (χ2v) is 6.31. The van der Waals surface area contributed by atoms with Crippen LogP contribution in [0.15, 0.2) is 9.57 Å². The number of likely N-dealkylation sites (tertiary alicyclic amines) is 1. The standard InChI is InChI=1S/C13H20N4O3S/c1-8-10(20-9(2)15-8)11(18)17-6-4-13(21-3,5-7-17)12(14)16-19/h19H,4-7H2,1-3H3,(H2,14,16). The van der Waals surface area contributed by atoms with Gasteiger partial charge in [0.25, 0.3) is 5.91 Å². The number of aryl methyl sites for hydroxylation is 2. The number of oxime groups is 1. The minimum atomic E-state index is -0.405. The molecular formula is C13H20N4O3S. The third-order valence-corrected chi connectivity index (χ3v) is 5.32. The number of hydrogen-bond acceptors (Lipinski definition) is 6. The summed E-state index contributed by atoms with van der Waals surface area (Å²) in [5.41, 5.74) is 6.41. The van der Waals surface area contributed by atoms with E-state index >= 15 is 0 Å². The van der Waals surface area contributed by atoms with Crippen molar-refractivity contribution >= 4 is 23.5 Å². The van der Waals surface area contributed by atoms with Crippen molar-refractivity contribution in [1.82, 2.24) is 9.88 Å². The summed E-state index contributed by atoms with van der Waals surface area (Å²) in [7, 11) is 0. The quantitative estimate of drug-likeness (QED) is 0.378. The van der Waals surface area contributed by atoms with Crippen molar-refractivity contribution in [2.45, 2.75) is 31.4 Å². The summed E-state index contributed by atoms with van der Waals surface area (Å²) in [6.07, 6.45) is 3.21. The molecule has 2 heterocycles. The van der Waals surface area contributed by atoms with E-state index in [4.69, 9.17) is 15.4 Å². The molecule has 0 bridgehead atoms. The van der Waals surface area contributed by atoms with E-state index in [0.29, 0.717) is 43.3 Å². The first kappa shape index (κ1) is 15.7. The summed E-state index contributed by atoms with van der Waals surface area (Å²) in [6.45, 7) is 4.55. The van der Waals surface area contributed by atoms with Crippen LogP contribution in [0.3, 0.4) is 0 Å². The number of carbonyl (C=O) groups excluding carboxylic acids is 1. The fourth-order valence-corrected chi connectivity index (χ4v) is 3.44. The van der Waals surface area contributed by atoms with E-state index in [1.165, 1.54) is 0 Å². The van der Waals surface area contributed by atoms with Crippen molar-refractivity contribution in [2.75, 3.05) is 19.3 Å². The zero-order valence-corrected chi connectivity index (χ0v) is 13.2. The lowest BCUT2D eigenvalue weighted by Gasteiger charge is -2.39. The molecule has 3 N–H and O–H groups in total. The molecule has 0 aliphatic carbocycles. The lowest BCUT2D eigenvalue weighted by molar-refractivity contribution is 0.0683. The van der Waals surface area contributed by atoms with Gasteiger partial charge < -0.3 is 20.3 Å². The number of oxazole rings is 1. The molecule has 21 heavy (non-hydrogen) atoms. The van der Waals surface area contributed by atoms with Gasteiger partial charge in [0, 0.05) is 20.0 Å². The summed E-state index contributed by atoms with van der Waals surface area (Å²) >= 11 is 1.55. The maximum atomic E-state index is 12.4. The van der Waals surface area contributed by atoms with E-state index in [-0.39, 0.29) is 11.7 Å². The zero-order chi connectivity index (χ0) is 15.6. The van der Waals surface area contributed by atoms with Crippen LogP contribution in [-0.4, -0.2) is 50.9 Å². The third kappa shape index (κ3) is 2.85. The number of hydrogen-bond donors (Lipinski definition) is 2. The van der Waals surface area contributed by atoms with Crippen LogP contribution in [0.5, 0.6) is 0 Å².